The summed E-state index contributed by atoms with van der Waals surface area (Å²) in [5.74, 6) is -3.21. The molecule has 0 saturated carbocycles. The first-order chi connectivity index (χ1) is 6.15. The molecule has 0 radical (unpaired) electrons. The first kappa shape index (κ1) is 12.9. The molecule has 0 spiro atoms. The normalized spacial score (nSPS) is 15.8. The van der Waals surface area contributed by atoms with Gasteiger partial charge in [-0.05, 0) is 27.7 Å². The van der Waals surface area contributed by atoms with Crippen LogP contribution in [0.4, 0.5) is 0 Å². The van der Waals surface area contributed by atoms with E-state index in [1.165, 1.54) is 6.92 Å². The molecule has 0 heterocycles. The lowest BCUT2D eigenvalue weighted by Gasteiger charge is -2.23. The first-order valence-corrected chi connectivity index (χ1v) is 4.29. The third-order valence-corrected chi connectivity index (χ3v) is 1.51. The monoisotopic (exact) mass is 204 g/mol. The molecule has 0 rings (SSSR count). The van der Waals surface area contributed by atoms with E-state index in [0.717, 1.165) is 0 Å². The maximum absolute atomic E-state index is 11.3. The van der Waals surface area contributed by atoms with E-state index in [0.29, 0.717) is 0 Å². The Bertz CT molecular complexity index is 228. The number of carbonyl (C=O) groups is 2. The predicted molar refractivity (Wildman–Crippen MR) is 48.7 cm³/mol. The van der Waals surface area contributed by atoms with Crippen molar-refractivity contribution >= 4 is 11.9 Å². The number of aliphatic hydroxyl groups is 1. The number of esters is 1. The minimum Gasteiger partial charge on any atom is -0.479 e. The number of carboxylic acids is 1. The fourth-order valence-electron chi connectivity index (χ4n) is 0.737. The topological polar surface area (TPSA) is 83.8 Å². The van der Waals surface area contributed by atoms with Gasteiger partial charge in [-0.3, -0.25) is 4.79 Å². The average molecular weight is 204 g/mol. The first-order valence-electron chi connectivity index (χ1n) is 4.29. The maximum atomic E-state index is 11.3. The molecule has 5 nitrogen and oxygen atoms in total. The number of carboxylic acid groups (broad SMARTS) is 1. The minimum absolute atomic E-state index is 0.677. The molecular formula is C9H16O5. The Kier molecular flexibility index (Phi) is 4.07. The summed E-state index contributed by atoms with van der Waals surface area (Å²) in [4.78, 5) is 21.6. The highest BCUT2D eigenvalue weighted by Crippen LogP contribution is 2.13. The Morgan fingerprint density at radius 3 is 2.00 bits per heavy atom. The van der Waals surface area contributed by atoms with Gasteiger partial charge in [0.1, 0.15) is 5.60 Å². The molecule has 2 unspecified atom stereocenters. The van der Waals surface area contributed by atoms with Gasteiger partial charge in [0.15, 0.2) is 6.10 Å². The molecule has 0 aliphatic carbocycles. The van der Waals surface area contributed by atoms with Gasteiger partial charge in [0.2, 0.25) is 0 Å². The summed E-state index contributed by atoms with van der Waals surface area (Å²) in [5, 5.41) is 17.5. The van der Waals surface area contributed by atoms with Crippen LogP contribution in [0.1, 0.15) is 27.7 Å². The van der Waals surface area contributed by atoms with Crippen molar-refractivity contribution in [2.45, 2.75) is 39.4 Å². The number of rotatable bonds is 3. The van der Waals surface area contributed by atoms with Gasteiger partial charge in [-0.2, -0.15) is 0 Å². The summed E-state index contributed by atoms with van der Waals surface area (Å²) >= 11 is 0. The third kappa shape index (κ3) is 4.23. The van der Waals surface area contributed by atoms with Gasteiger partial charge in [-0.15, -0.1) is 0 Å². The quantitative estimate of drug-likeness (QED) is 0.650. The molecule has 5 heteroatoms. The van der Waals surface area contributed by atoms with Gasteiger partial charge in [-0.25, -0.2) is 4.79 Å². The molecular weight excluding hydrogens is 188 g/mol. The highest BCUT2D eigenvalue weighted by atomic mass is 16.6. The number of ether oxygens (including phenoxy) is 1. The Morgan fingerprint density at radius 2 is 1.71 bits per heavy atom. The van der Waals surface area contributed by atoms with Crippen LogP contribution in [0.3, 0.4) is 0 Å². The predicted octanol–water partition coefficient (Wildman–Crippen LogP) is 0.410. The number of aliphatic carboxylic acids is 1. The average Bonchev–Trinajstić information content (AvgIpc) is 1.98. The lowest BCUT2D eigenvalue weighted by molar-refractivity contribution is -0.169. The van der Waals surface area contributed by atoms with Crippen molar-refractivity contribution in [3.8, 4) is 0 Å². The van der Waals surface area contributed by atoms with Crippen LogP contribution in [0.2, 0.25) is 0 Å². The summed E-state index contributed by atoms with van der Waals surface area (Å²) in [7, 11) is 0. The molecule has 0 aliphatic heterocycles. The second kappa shape index (κ2) is 4.41. The molecule has 0 aromatic carbocycles. The van der Waals surface area contributed by atoms with E-state index >= 15 is 0 Å². The van der Waals surface area contributed by atoms with Crippen LogP contribution in [0.15, 0.2) is 0 Å². The third-order valence-electron chi connectivity index (χ3n) is 1.51. The summed E-state index contributed by atoms with van der Waals surface area (Å²) in [6.45, 7) is 6.33. The molecule has 0 aliphatic rings. The second-order valence-corrected chi connectivity index (χ2v) is 4.11. The van der Waals surface area contributed by atoms with Crippen LogP contribution in [-0.2, 0) is 14.3 Å². The fraction of sp³-hybridized carbons (Fsp3) is 0.778. The van der Waals surface area contributed by atoms with E-state index in [4.69, 9.17) is 14.9 Å². The zero-order chi connectivity index (χ0) is 11.5. The maximum Gasteiger partial charge on any atom is 0.333 e. The number of hydrogen-bond acceptors (Lipinski definition) is 4. The lowest BCUT2D eigenvalue weighted by Crippen LogP contribution is -2.37. The molecule has 0 bridgehead atoms. The minimum atomic E-state index is -1.72. The largest absolute Gasteiger partial charge is 0.479 e. The fourth-order valence-corrected chi connectivity index (χ4v) is 0.737. The van der Waals surface area contributed by atoms with Crippen molar-refractivity contribution in [1.82, 2.24) is 0 Å². The summed E-state index contributed by atoms with van der Waals surface area (Å²) in [6.07, 6.45) is -1.72. The van der Waals surface area contributed by atoms with Gasteiger partial charge in [0, 0.05) is 0 Å². The van der Waals surface area contributed by atoms with Crippen LogP contribution >= 0.6 is 0 Å². The molecule has 2 N–H and O–H groups in total. The number of carbonyl (C=O) groups excluding carboxylic acids is 1. The van der Waals surface area contributed by atoms with Crippen LogP contribution in [0, 0.1) is 5.92 Å². The number of hydrogen-bond donors (Lipinski definition) is 2. The highest BCUT2D eigenvalue weighted by molar-refractivity contribution is 5.82. The van der Waals surface area contributed by atoms with E-state index in [1.54, 1.807) is 20.8 Å². The van der Waals surface area contributed by atoms with E-state index in [2.05, 4.69) is 0 Å². The van der Waals surface area contributed by atoms with Crippen LogP contribution in [0.25, 0.3) is 0 Å². The van der Waals surface area contributed by atoms with Crippen molar-refractivity contribution in [2.24, 2.45) is 5.92 Å². The van der Waals surface area contributed by atoms with Crippen molar-refractivity contribution in [2.75, 3.05) is 0 Å². The molecule has 14 heavy (non-hydrogen) atoms. The summed E-state index contributed by atoms with van der Waals surface area (Å²) < 4.78 is 4.91. The Balaban J connectivity index is 4.33. The van der Waals surface area contributed by atoms with Crippen molar-refractivity contribution in [3.63, 3.8) is 0 Å². The smallest absolute Gasteiger partial charge is 0.333 e. The molecule has 82 valence electrons. The molecule has 0 saturated heterocycles. The highest BCUT2D eigenvalue weighted by Gasteiger charge is 2.31. The van der Waals surface area contributed by atoms with Gasteiger partial charge in [0.05, 0.1) is 5.92 Å². The zero-order valence-electron chi connectivity index (χ0n) is 8.77. The van der Waals surface area contributed by atoms with Gasteiger partial charge >= 0.3 is 11.9 Å². The van der Waals surface area contributed by atoms with E-state index < -0.39 is 29.6 Å². The molecule has 0 fully saturated rings. The Hall–Kier alpha value is -1.10. The molecule has 2 atom stereocenters. The number of aliphatic hydroxyl groups excluding tert-OH is 1. The van der Waals surface area contributed by atoms with Crippen LogP contribution in [-0.4, -0.2) is 33.9 Å². The molecule has 0 aromatic rings. The lowest BCUT2D eigenvalue weighted by atomic mass is 10.1. The molecule has 0 aromatic heterocycles. The Morgan fingerprint density at radius 1 is 1.29 bits per heavy atom. The van der Waals surface area contributed by atoms with Gasteiger partial charge in [0.25, 0.3) is 0 Å². The SMILES string of the molecule is CC(C(=O)OC(C)(C)C)C(O)C(=O)O. The zero-order valence-corrected chi connectivity index (χ0v) is 8.77. The molecule has 0 amide bonds. The summed E-state index contributed by atoms with van der Waals surface area (Å²) in [6, 6.07) is 0. The van der Waals surface area contributed by atoms with Gasteiger partial charge in [-0.1, -0.05) is 0 Å². The Labute approximate surface area is 82.7 Å². The van der Waals surface area contributed by atoms with E-state index in [1.807, 2.05) is 0 Å². The van der Waals surface area contributed by atoms with Crippen molar-refractivity contribution < 1.29 is 24.5 Å². The second-order valence-electron chi connectivity index (χ2n) is 4.11. The van der Waals surface area contributed by atoms with Gasteiger partial charge < -0.3 is 14.9 Å². The van der Waals surface area contributed by atoms with E-state index in [9.17, 15) is 9.59 Å². The van der Waals surface area contributed by atoms with Crippen LogP contribution in [0.5, 0.6) is 0 Å². The standard InChI is InChI=1S/C9H16O5/c1-5(6(10)7(11)12)8(13)14-9(2,3)4/h5-6,10H,1-4H3,(H,11,12). The van der Waals surface area contributed by atoms with E-state index in [-0.39, 0.29) is 0 Å². The van der Waals surface area contributed by atoms with Crippen molar-refractivity contribution in [3.05, 3.63) is 0 Å². The summed E-state index contributed by atoms with van der Waals surface area (Å²) in [5.41, 5.74) is -0.677. The van der Waals surface area contributed by atoms with Crippen LogP contribution < -0.4 is 0 Å². The van der Waals surface area contributed by atoms with Crippen molar-refractivity contribution in [1.29, 1.82) is 0 Å².